The molecule has 0 radical (unpaired) electrons. The Morgan fingerprint density at radius 3 is 2.26 bits per heavy atom. The lowest BCUT2D eigenvalue weighted by molar-refractivity contribution is 0.0503. The van der Waals surface area contributed by atoms with Crippen molar-refractivity contribution < 1.29 is 9.53 Å². The lowest BCUT2D eigenvalue weighted by Crippen LogP contribution is -2.04. The number of hydrogen-bond donors (Lipinski definition) is 0. The Balaban J connectivity index is 1.64. The van der Waals surface area contributed by atoms with Gasteiger partial charge in [0.05, 0.1) is 6.61 Å². The molecule has 31 heavy (non-hydrogen) atoms. The molecular weight excluding hydrogens is 420 g/mol. The molecule has 2 aromatic heterocycles. The number of unbranched alkanes of at least 4 members (excludes halogenated alkanes) is 11. The Morgan fingerprint density at radius 1 is 0.839 bits per heavy atom. The molecule has 0 spiro atoms. The summed E-state index contributed by atoms with van der Waals surface area (Å²) in [5, 5.41) is 0. The van der Waals surface area contributed by atoms with E-state index >= 15 is 0 Å². The van der Waals surface area contributed by atoms with E-state index in [-0.39, 0.29) is 5.97 Å². The monoisotopic (exact) mass is 460 g/mol. The Morgan fingerprint density at radius 2 is 1.48 bits per heavy atom. The van der Waals surface area contributed by atoms with Gasteiger partial charge in [0.15, 0.2) is 0 Å². The van der Waals surface area contributed by atoms with Crippen molar-refractivity contribution in [3.05, 3.63) is 46.7 Å². The molecule has 4 heteroatoms. The molecule has 0 fully saturated rings. The number of allylic oxidation sites excluding steroid dienone is 1. The first kappa shape index (κ1) is 25.9. The van der Waals surface area contributed by atoms with Gasteiger partial charge in [-0.1, -0.05) is 70.8 Å². The van der Waals surface area contributed by atoms with Gasteiger partial charge in [-0.05, 0) is 56.4 Å². The smallest absolute Gasteiger partial charge is 0.348 e. The maximum atomic E-state index is 12.3. The van der Waals surface area contributed by atoms with Gasteiger partial charge in [-0.25, -0.2) is 4.79 Å². The van der Waals surface area contributed by atoms with Crippen LogP contribution in [0.3, 0.4) is 0 Å². The number of carbonyl (C=O) groups is 1. The number of esters is 1. The molecule has 0 aromatic carbocycles. The zero-order chi connectivity index (χ0) is 22.2. The van der Waals surface area contributed by atoms with Crippen molar-refractivity contribution in [3.63, 3.8) is 0 Å². The van der Waals surface area contributed by atoms with Crippen molar-refractivity contribution in [2.45, 2.75) is 96.8 Å². The van der Waals surface area contributed by atoms with E-state index in [4.69, 9.17) is 4.74 Å². The minimum atomic E-state index is -0.175. The first-order chi connectivity index (χ1) is 15.2. The molecule has 2 rings (SSSR count). The van der Waals surface area contributed by atoms with Gasteiger partial charge in [0.25, 0.3) is 0 Å². The van der Waals surface area contributed by atoms with Gasteiger partial charge in [-0.15, -0.1) is 29.3 Å². The highest BCUT2D eigenvalue weighted by Crippen LogP contribution is 2.34. The molecule has 172 valence electrons. The molecule has 2 aromatic rings. The van der Waals surface area contributed by atoms with Crippen molar-refractivity contribution in [1.29, 1.82) is 0 Å². The van der Waals surface area contributed by atoms with Crippen LogP contribution in [0.15, 0.2) is 36.9 Å². The molecule has 2 heterocycles. The van der Waals surface area contributed by atoms with Crippen LogP contribution in [0, 0.1) is 0 Å². The summed E-state index contributed by atoms with van der Waals surface area (Å²) in [7, 11) is 0. The number of hydrogen-bond acceptors (Lipinski definition) is 4. The summed E-state index contributed by atoms with van der Waals surface area (Å²) in [4.78, 5) is 16.9. The van der Waals surface area contributed by atoms with Gasteiger partial charge < -0.3 is 4.74 Å². The van der Waals surface area contributed by atoms with E-state index in [9.17, 15) is 4.79 Å². The van der Waals surface area contributed by atoms with E-state index in [2.05, 4.69) is 31.7 Å². The highest BCUT2D eigenvalue weighted by Gasteiger charge is 2.13. The quantitative estimate of drug-likeness (QED) is 0.126. The largest absolute Gasteiger partial charge is 0.462 e. The molecule has 0 saturated heterocycles. The van der Waals surface area contributed by atoms with Gasteiger partial charge in [-0.2, -0.15) is 0 Å². The molecule has 0 atom stereocenters. The predicted octanol–water partition coefficient (Wildman–Crippen LogP) is 9.45. The molecule has 0 aliphatic carbocycles. The number of carbonyl (C=O) groups excluding carboxylic acids is 1. The van der Waals surface area contributed by atoms with Crippen LogP contribution in [-0.4, -0.2) is 12.6 Å². The second-order valence-electron chi connectivity index (χ2n) is 8.28. The van der Waals surface area contributed by atoms with Crippen LogP contribution in [0.5, 0.6) is 0 Å². The highest BCUT2D eigenvalue weighted by atomic mass is 32.1. The summed E-state index contributed by atoms with van der Waals surface area (Å²) in [6, 6.07) is 8.42. The van der Waals surface area contributed by atoms with Gasteiger partial charge in [0.2, 0.25) is 0 Å². The van der Waals surface area contributed by atoms with E-state index < -0.39 is 0 Å². The fourth-order valence-electron chi connectivity index (χ4n) is 3.64. The minimum absolute atomic E-state index is 0.175. The Hall–Kier alpha value is -1.39. The van der Waals surface area contributed by atoms with Crippen molar-refractivity contribution >= 4 is 28.6 Å². The summed E-state index contributed by atoms with van der Waals surface area (Å²) in [5.74, 6) is -0.175. The minimum Gasteiger partial charge on any atom is -0.462 e. The van der Waals surface area contributed by atoms with Crippen LogP contribution in [0.2, 0.25) is 0 Å². The molecule has 2 nitrogen and oxygen atoms in total. The highest BCUT2D eigenvalue weighted by molar-refractivity contribution is 7.23. The zero-order valence-electron chi connectivity index (χ0n) is 19.3. The maximum Gasteiger partial charge on any atom is 0.348 e. The van der Waals surface area contributed by atoms with Crippen LogP contribution in [0.25, 0.3) is 9.75 Å². The molecule has 0 aliphatic heterocycles. The summed E-state index contributed by atoms with van der Waals surface area (Å²) >= 11 is 3.42. The van der Waals surface area contributed by atoms with Gasteiger partial charge in [0.1, 0.15) is 4.88 Å². The Kier molecular flexibility index (Phi) is 13.6. The molecule has 0 amide bonds. The first-order valence-corrected chi connectivity index (χ1v) is 13.8. The average molecular weight is 461 g/mol. The Labute approximate surface area is 197 Å². The fourth-order valence-corrected chi connectivity index (χ4v) is 5.68. The number of thiophene rings is 2. The maximum absolute atomic E-state index is 12.3. The summed E-state index contributed by atoms with van der Waals surface area (Å²) in [5.41, 5.74) is 0. The van der Waals surface area contributed by atoms with E-state index in [0.717, 1.165) is 19.3 Å². The average Bonchev–Trinajstić information content (AvgIpc) is 3.44. The van der Waals surface area contributed by atoms with E-state index in [0.29, 0.717) is 11.5 Å². The Bertz CT molecular complexity index is 744. The van der Waals surface area contributed by atoms with Gasteiger partial charge in [-0.3, -0.25) is 0 Å². The van der Waals surface area contributed by atoms with E-state index in [1.807, 2.05) is 23.5 Å². The van der Waals surface area contributed by atoms with Crippen LogP contribution in [-0.2, 0) is 11.2 Å². The number of rotatable bonds is 18. The number of aryl methyl sites for hydroxylation is 1. The van der Waals surface area contributed by atoms with Crippen molar-refractivity contribution in [2.24, 2.45) is 0 Å². The predicted molar refractivity (Wildman–Crippen MR) is 138 cm³/mol. The fraction of sp³-hybridized carbons (Fsp3) is 0.593. The van der Waals surface area contributed by atoms with E-state index in [1.54, 1.807) is 11.3 Å². The van der Waals surface area contributed by atoms with Crippen molar-refractivity contribution in [1.82, 2.24) is 0 Å². The summed E-state index contributed by atoms with van der Waals surface area (Å²) in [6.07, 6.45) is 19.4. The molecule has 0 aliphatic rings. The van der Waals surface area contributed by atoms with Crippen LogP contribution < -0.4 is 0 Å². The normalized spacial score (nSPS) is 11.0. The van der Waals surface area contributed by atoms with Crippen LogP contribution in [0.1, 0.15) is 105 Å². The lowest BCUT2D eigenvalue weighted by Gasteiger charge is -2.03. The summed E-state index contributed by atoms with van der Waals surface area (Å²) < 4.78 is 5.48. The molecule has 0 saturated carbocycles. The van der Waals surface area contributed by atoms with Crippen LogP contribution in [0.4, 0.5) is 0 Å². The van der Waals surface area contributed by atoms with Crippen molar-refractivity contribution in [2.75, 3.05) is 6.61 Å². The third kappa shape index (κ3) is 10.7. The second kappa shape index (κ2) is 16.3. The van der Waals surface area contributed by atoms with Gasteiger partial charge in [0, 0.05) is 14.6 Å². The summed E-state index contributed by atoms with van der Waals surface area (Å²) in [6.45, 7) is 6.54. The molecular formula is C27H40O2S2. The zero-order valence-corrected chi connectivity index (χ0v) is 21.0. The number of ether oxygens (including phenoxy) is 1. The standard InChI is InChI=1S/C27H40O2S2/c1-3-5-7-9-11-12-14-16-22-29-27(28)26-21-20-25(31-26)24-19-18-23(30-24)17-15-13-10-8-6-4-2/h3,18-21H,1,4-17,22H2,2H3. The van der Waals surface area contributed by atoms with Gasteiger partial charge >= 0.3 is 5.97 Å². The second-order valence-corrected chi connectivity index (χ2v) is 10.5. The van der Waals surface area contributed by atoms with E-state index in [1.165, 1.54) is 85.3 Å². The first-order valence-electron chi connectivity index (χ1n) is 12.2. The molecule has 0 N–H and O–H groups in total. The molecule has 0 bridgehead atoms. The molecule has 0 unspecified atom stereocenters. The lowest BCUT2D eigenvalue weighted by atomic mass is 10.1. The SMILES string of the molecule is C=CCCCCCCCCOC(=O)c1ccc(-c2ccc(CCCCCCCC)s2)s1. The third-order valence-electron chi connectivity index (χ3n) is 5.52. The third-order valence-corrected chi connectivity index (χ3v) is 7.93. The topological polar surface area (TPSA) is 26.3 Å². The van der Waals surface area contributed by atoms with Crippen LogP contribution >= 0.6 is 22.7 Å². The van der Waals surface area contributed by atoms with Crippen molar-refractivity contribution in [3.8, 4) is 9.75 Å².